The number of nitrogens with zero attached hydrogens (tertiary/aromatic N) is 1. The van der Waals surface area contributed by atoms with Crippen LogP contribution in [0.25, 0.3) is 0 Å². The first kappa shape index (κ1) is 11.6. The zero-order valence-electron chi connectivity index (χ0n) is 10.0. The number of nitrogens with one attached hydrogen (secondary N) is 1. The molecule has 0 aliphatic carbocycles. The zero-order valence-corrected chi connectivity index (χ0v) is 10.0. The summed E-state index contributed by atoms with van der Waals surface area (Å²) in [6, 6.07) is 11.0. The Balaban J connectivity index is 2.19. The first-order valence-corrected chi connectivity index (χ1v) is 5.84. The predicted octanol–water partition coefficient (Wildman–Crippen LogP) is 1.28. The lowest BCUT2D eigenvalue weighted by Crippen LogP contribution is -2.46. The van der Waals surface area contributed by atoms with Gasteiger partial charge in [-0.1, -0.05) is 30.3 Å². The molecule has 2 atom stereocenters. The first-order chi connectivity index (χ1) is 7.83. The van der Waals surface area contributed by atoms with E-state index in [0.717, 1.165) is 19.7 Å². The number of hydrogen-bond donors (Lipinski definition) is 1. The summed E-state index contributed by atoms with van der Waals surface area (Å²) >= 11 is 0. The molecular formula is C13H20N2O. The topological polar surface area (TPSA) is 24.5 Å². The van der Waals surface area contributed by atoms with Gasteiger partial charge in [0.05, 0.1) is 18.8 Å². The molecule has 16 heavy (non-hydrogen) atoms. The minimum absolute atomic E-state index is 0.242. The summed E-state index contributed by atoms with van der Waals surface area (Å²) in [4.78, 5) is 2.38. The highest BCUT2D eigenvalue weighted by molar-refractivity contribution is 5.20. The molecule has 2 rings (SSSR count). The van der Waals surface area contributed by atoms with Crippen LogP contribution in [-0.4, -0.2) is 44.8 Å². The Bertz CT molecular complexity index is 313. The quantitative estimate of drug-likeness (QED) is 0.830. The fraction of sp³-hybridized carbons (Fsp3) is 0.538. The second kappa shape index (κ2) is 5.43. The monoisotopic (exact) mass is 220 g/mol. The maximum absolute atomic E-state index is 5.85. The normalized spacial score (nSPS) is 26.9. The third kappa shape index (κ3) is 2.43. The molecule has 0 spiro atoms. The van der Waals surface area contributed by atoms with Gasteiger partial charge < -0.3 is 10.1 Å². The van der Waals surface area contributed by atoms with E-state index in [0.29, 0.717) is 6.04 Å². The lowest BCUT2D eigenvalue weighted by molar-refractivity contribution is -0.0606. The summed E-state index contributed by atoms with van der Waals surface area (Å²) < 4.78 is 5.85. The molecule has 1 aliphatic rings. The van der Waals surface area contributed by atoms with Crippen molar-refractivity contribution >= 4 is 0 Å². The molecule has 0 saturated carbocycles. The summed E-state index contributed by atoms with van der Waals surface area (Å²) in [7, 11) is 4.14. The Morgan fingerprint density at radius 3 is 2.81 bits per heavy atom. The van der Waals surface area contributed by atoms with Gasteiger partial charge in [0.1, 0.15) is 0 Å². The van der Waals surface area contributed by atoms with E-state index in [4.69, 9.17) is 4.74 Å². The molecule has 0 unspecified atom stereocenters. The maximum atomic E-state index is 5.85. The number of likely N-dealkylation sites (N-methyl/N-ethyl adjacent to an activating group) is 2. The second-order valence-corrected chi connectivity index (χ2v) is 4.30. The minimum Gasteiger partial charge on any atom is -0.374 e. The summed E-state index contributed by atoms with van der Waals surface area (Å²) in [5.41, 5.74) is 1.34. The van der Waals surface area contributed by atoms with Crippen LogP contribution in [0.1, 0.15) is 11.6 Å². The average Bonchev–Trinajstić information content (AvgIpc) is 2.31. The molecule has 1 aromatic carbocycles. The molecular weight excluding hydrogens is 200 g/mol. The summed E-state index contributed by atoms with van der Waals surface area (Å²) in [5, 5.41) is 3.21. The number of benzene rings is 1. The van der Waals surface area contributed by atoms with Crippen LogP contribution in [0.2, 0.25) is 0 Å². The van der Waals surface area contributed by atoms with Crippen LogP contribution >= 0.6 is 0 Å². The van der Waals surface area contributed by atoms with E-state index < -0.39 is 0 Å². The van der Waals surface area contributed by atoms with E-state index in [2.05, 4.69) is 47.6 Å². The fourth-order valence-electron chi connectivity index (χ4n) is 2.35. The molecule has 1 N–H and O–H groups in total. The summed E-state index contributed by atoms with van der Waals surface area (Å²) in [6.07, 6.45) is 0.242. The molecule has 3 nitrogen and oxygen atoms in total. The lowest BCUT2D eigenvalue weighted by Gasteiger charge is -2.39. The van der Waals surface area contributed by atoms with Crippen molar-refractivity contribution in [2.75, 3.05) is 33.8 Å². The van der Waals surface area contributed by atoms with Crippen molar-refractivity contribution in [1.82, 2.24) is 10.2 Å². The van der Waals surface area contributed by atoms with Crippen molar-refractivity contribution in [3.05, 3.63) is 35.9 Å². The Morgan fingerprint density at radius 2 is 2.12 bits per heavy atom. The van der Waals surface area contributed by atoms with Gasteiger partial charge in [-0.3, -0.25) is 4.90 Å². The van der Waals surface area contributed by atoms with Gasteiger partial charge in [0, 0.05) is 13.1 Å². The Labute approximate surface area is 97.4 Å². The van der Waals surface area contributed by atoms with Gasteiger partial charge in [0.2, 0.25) is 0 Å². The molecule has 88 valence electrons. The van der Waals surface area contributed by atoms with Crippen molar-refractivity contribution < 1.29 is 4.74 Å². The third-order valence-electron chi connectivity index (χ3n) is 3.15. The van der Waals surface area contributed by atoms with Gasteiger partial charge in [-0.05, 0) is 19.7 Å². The molecule has 0 amide bonds. The fourth-order valence-corrected chi connectivity index (χ4v) is 2.35. The van der Waals surface area contributed by atoms with Gasteiger partial charge in [-0.15, -0.1) is 0 Å². The van der Waals surface area contributed by atoms with E-state index in [1.807, 2.05) is 7.05 Å². The van der Waals surface area contributed by atoms with Gasteiger partial charge in [-0.2, -0.15) is 0 Å². The summed E-state index contributed by atoms with van der Waals surface area (Å²) in [5.74, 6) is 0. The van der Waals surface area contributed by atoms with Crippen molar-refractivity contribution in [1.29, 1.82) is 0 Å². The largest absolute Gasteiger partial charge is 0.374 e. The van der Waals surface area contributed by atoms with E-state index in [1.165, 1.54) is 5.56 Å². The lowest BCUT2D eigenvalue weighted by atomic mass is 9.98. The Hall–Kier alpha value is -0.900. The maximum Gasteiger partial charge on any atom is 0.0896 e. The zero-order chi connectivity index (χ0) is 11.4. The van der Waals surface area contributed by atoms with Crippen LogP contribution in [0.5, 0.6) is 0 Å². The highest BCUT2D eigenvalue weighted by Crippen LogP contribution is 2.27. The van der Waals surface area contributed by atoms with Crippen LogP contribution < -0.4 is 5.32 Å². The molecule has 1 saturated heterocycles. The van der Waals surface area contributed by atoms with Gasteiger partial charge in [0.25, 0.3) is 0 Å². The first-order valence-electron chi connectivity index (χ1n) is 5.84. The molecule has 1 aromatic rings. The predicted molar refractivity (Wildman–Crippen MR) is 65.5 cm³/mol. The van der Waals surface area contributed by atoms with Crippen molar-refractivity contribution in [3.8, 4) is 0 Å². The van der Waals surface area contributed by atoms with Crippen LogP contribution in [0.15, 0.2) is 30.3 Å². The molecule has 1 fully saturated rings. The van der Waals surface area contributed by atoms with Crippen LogP contribution in [0, 0.1) is 0 Å². The number of ether oxygens (including phenoxy) is 1. The molecule has 1 aliphatic heterocycles. The molecule has 0 aromatic heterocycles. The van der Waals surface area contributed by atoms with Crippen LogP contribution in [-0.2, 0) is 4.74 Å². The van der Waals surface area contributed by atoms with E-state index >= 15 is 0 Å². The van der Waals surface area contributed by atoms with Crippen molar-refractivity contribution in [2.24, 2.45) is 0 Å². The van der Waals surface area contributed by atoms with Crippen LogP contribution in [0.4, 0.5) is 0 Å². The van der Waals surface area contributed by atoms with E-state index in [-0.39, 0.29) is 6.10 Å². The molecule has 0 radical (unpaired) electrons. The standard InChI is InChI=1S/C13H20N2O/c1-14-10-12-13(15(2)8-9-16-12)11-6-4-3-5-7-11/h3-7,12-14H,8-10H2,1-2H3/t12-,13-/m0/s1. The molecule has 0 bridgehead atoms. The minimum atomic E-state index is 0.242. The van der Waals surface area contributed by atoms with Gasteiger partial charge in [0.15, 0.2) is 0 Å². The smallest absolute Gasteiger partial charge is 0.0896 e. The number of morpholine rings is 1. The third-order valence-corrected chi connectivity index (χ3v) is 3.15. The van der Waals surface area contributed by atoms with Crippen molar-refractivity contribution in [3.63, 3.8) is 0 Å². The average molecular weight is 220 g/mol. The SMILES string of the molecule is CNC[C@@H]1OCCN(C)[C@H]1c1ccccc1. The van der Waals surface area contributed by atoms with E-state index in [1.54, 1.807) is 0 Å². The molecule has 3 heteroatoms. The Kier molecular flexibility index (Phi) is 3.93. The van der Waals surface area contributed by atoms with Crippen molar-refractivity contribution in [2.45, 2.75) is 12.1 Å². The summed E-state index contributed by atoms with van der Waals surface area (Å²) in [6.45, 7) is 2.72. The highest BCUT2D eigenvalue weighted by atomic mass is 16.5. The van der Waals surface area contributed by atoms with E-state index in [9.17, 15) is 0 Å². The second-order valence-electron chi connectivity index (χ2n) is 4.30. The van der Waals surface area contributed by atoms with Gasteiger partial charge >= 0.3 is 0 Å². The number of rotatable bonds is 3. The molecule has 1 heterocycles. The Morgan fingerprint density at radius 1 is 1.38 bits per heavy atom. The van der Waals surface area contributed by atoms with Crippen LogP contribution in [0.3, 0.4) is 0 Å². The van der Waals surface area contributed by atoms with Gasteiger partial charge in [-0.25, -0.2) is 0 Å². The number of hydrogen-bond acceptors (Lipinski definition) is 3. The highest BCUT2D eigenvalue weighted by Gasteiger charge is 2.30.